The third-order valence-corrected chi connectivity index (χ3v) is 2.69. The first-order valence-corrected chi connectivity index (χ1v) is 5.52. The number of amidine groups is 1. The Hall–Kier alpha value is -0.640. The summed E-state index contributed by atoms with van der Waals surface area (Å²) in [7, 11) is 0. The van der Waals surface area contributed by atoms with Crippen LogP contribution in [0.4, 0.5) is 5.69 Å². The van der Waals surface area contributed by atoms with Gasteiger partial charge in [-0.2, -0.15) is 0 Å². The van der Waals surface area contributed by atoms with Crippen LogP contribution in [0.15, 0.2) is 23.2 Å². The first kappa shape index (κ1) is 13.4. The molecule has 0 amide bonds. The lowest BCUT2D eigenvalue weighted by Crippen LogP contribution is -2.27. The molecular weight excluding hydrogens is 268 g/mol. The first-order chi connectivity index (χ1) is 7.25. The van der Waals surface area contributed by atoms with Crippen LogP contribution in [0.5, 0.6) is 0 Å². The fraction of sp³-hybridized carbons (Fsp3) is 0.300. The van der Waals surface area contributed by atoms with Gasteiger partial charge in [-0.05, 0) is 24.6 Å². The molecular formula is C10H12Cl3N3. The zero-order chi connectivity index (χ0) is 10.7. The predicted molar refractivity (Wildman–Crippen MR) is 72.0 cm³/mol. The summed E-state index contributed by atoms with van der Waals surface area (Å²) in [6.45, 7) is 0.901. The molecule has 0 radical (unpaired) electrons. The molecule has 0 saturated heterocycles. The van der Waals surface area contributed by atoms with Gasteiger partial charge in [0.2, 0.25) is 0 Å². The van der Waals surface area contributed by atoms with Crippen molar-refractivity contribution >= 4 is 47.1 Å². The maximum absolute atomic E-state index is 5.99. The summed E-state index contributed by atoms with van der Waals surface area (Å²) in [5.74, 6) is 0.973. The minimum atomic E-state index is 0. The molecule has 1 aromatic rings. The van der Waals surface area contributed by atoms with E-state index in [2.05, 4.69) is 15.8 Å². The van der Waals surface area contributed by atoms with E-state index in [-0.39, 0.29) is 12.4 Å². The van der Waals surface area contributed by atoms with Crippen LogP contribution in [0.2, 0.25) is 10.0 Å². The second-order valence-corrected chi connectivity index (χ2v) is 4.15. The Labute approximate surface area is 111 Å². The van der Waals surface area contributed by atoms with E-state index < -0.39 is 0 Å². The third-order valence-electron chi connectivity index (χ3n) is 2.15. The zero-order valence-corrected chi connectivity index (χ0v) is 10.8. The van der Waals surface area contributed by atoms with Gasteiger partial charge in [0.05, 0.1) is 10.7 Å². The highest BCUT2D eigenvalue weighted by Gasteiger charge is 2.06. The molecule has 1 aliphatic rings. The smallest absolute Gasteiger partial charge is 0.115 e. The Morgan fingerprint density at radius 1 is 1.19 bits per heavy atom. The second-order valence-electron chi connectivity index (χ2n) is 3.31. The molecule has 88 valence electrons. The first-order valence-electron chi connectivity index (χ1n) is 4.76. The van der Waals surface area contributed by atoms with E-state index in [1.807, 2.05) is 6.07 Å². The predicted octanol–water partition coefficient (Wildman–Crippen LogP) is 3.52. The number of hydrogen-bond donors (Lipinski definition) is 2. The van der Waals surface area contributed by atoms with Gasteiger partial charge in [0, 0.05) is 18.0 Å². The molecule has 2 N–H and O–H groups in total. The van der Waals surface area contributed by atoms with Crippen LogP contribution in [-0.2, 0) is 0 Å². The van der Waals surface area contributed by atoms with Gasteiger partial charge in [0.1, 0.15) is 5.84 Å². The summed E-state index contributed by atoms with van der Waals surface area (Å²) >= 11 is 11.8. The Morgan fingerprint density at radius 3 is 2.62 bits per heavy atom. The van der Waals surface area contributed by atoms with Gasteiger partial charge in [0.25, 0.3) is 0 Å². The van der Waals surface area contributed by atoms with Crippen molar-refractivity contribution in [1.29, 1.82) is 0 Å². The van der Waals surface area contributed by atoms with Crippen molar-refractivity contribution in [2.75, 3.05) is 12.0 Å². The number of nitrogens with one attached hydrogen (secondary N) is 2. The van der Waals surface area contributed by atoms with Crippen LogP contribution in [0.3, 0.4) is 0 Å². The van der Waals surface area contributed by atoms with Crippen LogP contribution in [0.1, 0.15) is 12.8 Å². The normalized spacial score (nSPS) is 14.0. The number of hydrogen-bond acceptors (Lipinski definition) is 3. The highest BCUT2D eigenvalue weighted by Crippen LogP contribution is 2.24. The van der Waals surface area contributed by atoms with Crippen LogP contribution < -0.4 is 10.9 Å². The topological polar surface area (TPSA) is 36.4 Å². The van der Waals surface area contributed by atoms with E-state index in [1.165, 1.54) is 0 Å². The molecule has 16 heavy (non-hydrogen) atoms. The van der Waals surface area contributed by atoms with Gasteiger partial charge < -0.3 is 0 Å². The van der Waals surface area contributed by atoms with Crippen LogP contribution >= 0.6 is 35.6 Å². The van der Waals surface area contributed by atoms with Gasteiger partial charge in [-0.3, -0.25) is 15.8 Å². The van der Waals surface area contributed by atoms with Crippen molar-refractivity contribution < 1.29 is 0 Å². The van der Waals surface area contributed by atoms with E-state index in [4.69, 9.17) is 23.2 Å². The zero-order valence-electron chi connectivity index (χ0n) is 8.46. The molecule has 0 unspecified atom stereocenters. The molecule has 6 heteroatoms. The van der Waals surface area contributed by atoms with Gasteiger partial charge in [-0.15, -0.1) is 12.4 Å². The molecule has 2 rings (SSSR count). The molecule has 0 bridgehead atoms. The average Bonchev–Trinajstić information content (AvgIpc) is 2.69. The molecule has 0 aromatic heterocycles. The molecule has 0 fully saturated rings. The molecule has 1 heterocycles. The number of halogens is 3. The minimum absolute atomic E-state index is 0. The van der Waals surface area contributed by atoms with Crippen molar-refractivity contribution in [3.63, 3.8) is 0 Å². The number of anilines is 1. The van der Waals surface area contributed by atoms with Gasteiger partial charge >= 0.3 is 0 Å². The SMILES string of the molecule is Cl.Clc1ccc(NNC2=NCCC2)c(Cl)c1. The molecule has 0 spiro atoms. The number of aliphatic imine (C=N–C) groups is 1. The maximum Gasteiger partial charge on any atom is 0.115 e. The van der Waals surface area contributed by atoms with E-state index >= 15 is 0 Å². The van der Waals surface area contributed by atoms with Crippen LogP contribution in [0, 0.1) is 0 Å². The molecule has 0 atom stereocenters. The molecule has 0 aliphatic carbocycles. The lowest BCUT2D eigenvalue weighted by Gasteiger charge is -2.10. The summed E-state index contributed by atoms with van der Waals surface area (Å²) in [4.78, 5) is 4.27. The lowest BCUT2D eigenvalue weighted by atomic mass is 10.3. The van der Waals surface area contributed by atoms with Crippen molar-refractivity contribution in [1.82, 2.24) is 5.43 Å². The van der Waals surface area contributed by atoms with Crippen molar-refractivity contribution in [2.24, 2.45) is 4.99 Å². The Kier molecular flexibility index (Phi) is 5.19. The Bertz CT molecular complexity index is 393. The van der Waals surface area contributed by atoms with Crippen LogP contribution in [0.25, 0.3) is 0 Å². The van der Waals surface area contributed by atoms with Gasteiger partial charge in [-0.25, -0.2) is 0 Å². The number of nitrogens with zero attached hydrogens (tertiary/aromatic N) is 1. The number of rotatable bonds is 2. The summed E-state index contributed by atoms with van der Waals surface area (Å²) in [5.41, 5.74) is 6.84. The van der Waals surface area contributed by atoms with E-state index in [0.29, 0.717) is 10.0 Å². The van der Waals surface area contributed by atoms with Crippen molar-refractivity contribution in [2.45, 2.75) is 12.8 Å². The fourth-order valence-corrected chi connectivity index (χ4v) is 1.83. The van der Waals surface area contributed by atoms with E-state index in [0.717, 1.165) is 30.9 Å². The van der Waals surface area contributed by atoms with E-state index in [9.17, 15) is 0 Å². The molecule has 3 nitrogen and oxygen atoms in total. The van der Waals surface area contributed by atoms with Crippen molar-refractivity contribution in [3.05, 3.63) is 28.2 Å². The summed E-state index contributed by atoms with van der Waals surface area (Å²) in [6.07, 6.45) is 2.09. The summed E-state index contributed by atoms with van der Waals surface area (Å²) < 4.78 is 0. The van der Waals surface area contributed by atoms with Crippen LogP contribution in [-0.4, -0.2) is 12.4 Å². The highest BCUT2D eigenvalue weighted by atomic mass is 35.5. The lowest BCUT2D eigenvalue weighted by molar-refractivity contribution is 0.944. The fourth-order valence-electron chi connectivity index (χ4n) is 1.37. The summed E-state index contributed by atoms with van der Waals surface area (Å²) in [6, 6.07) is 5.31. The van der Waals surface area contributed by atoms with Gasteiger partial charge in [-0.1, -0.05) is 23.2 Å². The highest BCUT2D eigenvalue weighted by molar-refractivity contribution is 6.36. The largest absolute Gasteiger partial charge is 0.298 e. The Balaban J connectivity index is 0.00000128. The second kappa shape index (κ2) is 6.18. The van der Waals surface area contributed by atoms with Gasteiger partial charge in [0.15, 0.2) is 0 Å². The number of benzene rings is 1. The number of hydrazine groups is 1. The summed E-state index contributed by atoms with van der Waals surface area (Å²) in [5, 5.41) is 1.22. The van der Waals surface area contributed by atoms with Crippen molar-refractivity contribution in [3.8, 4) is 0 Å². The maximum atomic E-state index is 5.99. The molecule has 0 saturated carbocycles. The minimum Gasteiger partial charge on any atom is -0.298 e. The molecule has 1 aliphatic heterocycles. The Morgan fingerprint density at radius 2 is 2.00 bits per heavy atom. The third kappa shape index (κ3) is 3.44. The average molecular weight is 281 g/mol. The monoisotopic (exact) mass is 279 g/mol. The quantitative estimate of drug-likeness (QED) is 0.813. The standard InChI is InChI=1S/C10H11Cl2N3.ClH/c11-7-3-4-9(8(12)6-7)14-15-10-2-1-5-13-10;/h3-4,6,14H,1-2,5H2,(H,13,15);1H. The van der Waals surface area contributed by atoms with E-state index in [1.54, 1.807) is 12.1 Å². The molecule has 1 aromatic carbocycles.